The topological polar surface area (TPSA) is 134 Å². The number of aromatic hydroxyl groups is 4. The Kier molecular flexibility index (Phi) is 11.3. The Labute approximate surface area is 230 Å². The molecule has 214 valence electrons. The molecule has 0 saturated heterocycles. The average Bonchev–Trinajstić information content (AvgIpc) is 3.64. The number of Topliss-reactive ketones (excluding diaryl/α,β-unsaturated/α-hetero) is 2. The highest BCUT2D eigenvalue weighted by Gasteiger charge is 2.35. The zero-order valence-corrected chi connectivity index (χ0v) is 23.1. The molecule has 0 bridgehead atoms. The first-order valence-electron chi connectivity index (χ1n) is 14.0. The highest BCUT2D eigenvalue weighted by molar-refractivity contribution is 6.00. The Bertz CT molecular complexity index is 1040. The summed E-state index contributed by atoms with van der Waals surface area (Å²) in [6.45, 7) is 0. The molecule has 1 saturated carbocycles. The van der Waals surface area contributed by atoms with Crippen molar-refractivity contribution in [3.63, 3.8) is 0 Å². The van der Waals surface area contributed by atoms with Crippen LogP contribution >= 0.6 is 0 Å². The van der Waals surface area contributed by atoms with E-state index in [4.69, 9.17) is 9.47 Å². The normalized spacial score (nSPS) is 16.2. The number of methoxy groups -OCH3 is 2. The van der Waals surface area contributed by atoms with E-state index >= 15 is 0 Å². The molecule has 0 amide bonds. The van der Waals surface area contributed by atoms with Gasteiger partial charge in [-0.05, 0) is 43.2 Å². The largest absolute Gasteiger partial charge is 0.508 e. The minimum absolute atomic E-state index is 0.112. The second-order valence-electron chi connectivity index (χ2n) is 10.6. The maximum Gasteiger partial charge on any atom is 0.171 e. The smallest absolute Gasteiger partial charge is 0.171 e. The fraction of sp³-hybridized carbons (Fsp3) is 0.548. The van der Waals surface area contributed by atoms with E-state index < -0.39 is 0 Å². The summed E-state index contributed by atoms with van der Waals surface area (Å²) in [5.74, 6) is 0.814. The molecule has 0 aromatic heterocycles. The lowest BCUT2D eigenvalue weighted by Gasteiger charge is -2.10. The van der Waals surface area contributed by atoms with Gasteiger partial charge in [0.1, 0.15) is 11.5 Å². The van der Waals surface area contributed by atoms with E-state index in [9.17, 15) is 30.0 Å². The number of ketones is 2. The van der Waals surface area contributed by atoms with E-state index in [2.05, 4.69) is 0 Å². The summed E-state index contributed by atoms with van der Waals surface area (Å²) < 4.78 is 10.2. The number of hydrogen-bond acceptors (Lipinski definition) is 8. The molecule has 2 aromatic rings. The summed E-state index contributed by atoms with van der Waals surface area (Å²) in [4.78, 5) is 25.0. The van der Waals surface area contributed by atoms with Crippen LogP contribution in [0.3, 0.4) is 0 Å². The van der Waals surface area contributed by atoms with Crippen molar-refractivity contribution in [2.45, 2.75) is 83.5 Å². The Morgan fingerprint density at radius 2 is 1.03 bits per heavy atom. The lowest BCUT2D eigenvalue weighted by molar-refractivity contribution is 0.0967. The van der Waals surface area contributed by atoms with Crippen LogP contribution in [0, 0.1) is 11.8 Å². The van der Waals surface area contributed by atoms with Crippen LogP contribution in [0.15, 0.2) is 24.3 Å². The van der Waals surface area contributed by atoms with Crippen LogP contribution in [0.2, 0.25) is 0 Å². The molecule has 8 nitrogen and oxygen atoms in total. The van der Waals surface area contributed by atoms with Crippen molar-refractivity contribution < 1.29 is 39.5 Å². The second kappa shape index (κ2) is 14.7. The number of rotatable bonds is 18. The number of ether oxygens (including phenoxy) is 2. The number of benzene rings is 2. The number of carbonyl (C=O) groups is 2. The summed E-state index contributed by atoms with van der Waals surface area (Å²) in [5, 5.41) is 39.1. The van der Waals surface area contributed by atoms with Gasteiger partial charge in [0, 0.05) is 25.0 Å². The van der Waals surface area contributed by atoms with E-state index in [0.717, 1.165) is 62.5 Å². The molecular formula is C31H42O8. The van der Waals surface area contributed by atoms with Crippen molar-refractivity contribution in [3.05, 3.63) is 35.4 Å². The second-order valence-corrected chi connectivity index (χ2v) is 10.6. The molecule has 0 radical (unpaired) electrons. The van der Waals surface area contributed by atoms with Gasteiger partial charge in [0.25, 0.3) is 0 Å². The van der Waals surface area contributed by atoms with Gasteiger partial charge in [0.05, 0.1) is 25.3 Å². The molecule has 3 rings (SSSR count). The lowest BCUT2D eigenvalue weighted by Crippen LogP contribution is -2.02. The molecule has 0 heterocycles. The number of unbranched alkanes of at least 4 members (excludes halogenated alkanes) is 6. The molecule has 2 aromatic carbocycles. The van der Waals surface area contributed by atoms with E-state index in [-0.39, 0.29) is 57.2 Å². The Hall–Kier alpha value is -3.42. The van der Waals surface area contributed by atoms with Gasteiger partial charge in [-0.2, -0.15) is 0 Å². The standard InChI is InChI=1S/C31H42O8/c1-38-30-24(16-22(32)18-28(30)36)26(34)13-9-5-3-7-11-20-15-21(20)12-8-4-6-10-14-27(35)25-17-23(33)19-29(37)31(25)39-2/h16-21,32-33,36-37H,3-15H2,1-2H3/t20-,21-/m0/s1. The molecule has 1 aliphatic rings. The van der Waals surface area contributed by atoms with Gasteiger partial charge in [-0.1, -0.05) is 51.4 Å². The third-order valence-electron chi connectivity index (χ3n) is 7.64. The van der Waals surface area contributed by atoms with Crippen molar-refractivity contribution in [3.8, 4) is 34.5 Å². The van der Waals surface area contributed by atoms with Gasteiger partial charge in [-0.25, -0.2) is 0 Å². The number of phenols is 4. The first kappa shape index (κ1) is 30.1. The molecule has 4 N–H and O–H groups in total. The SMILES string of the molecule is COc1c(O)cc(O)cc1C(=O)CCCCCC[C@H]1C[C@@H]1CCCCCCC(=O)c1cc(O)cc(O)c1OC. The zero-order valence-electron chi connectivity index (χ0n) is 23.1. The molecule has 0 spiro atoms. The minimum Gasteiger partial charge on any atom is -0.508 e. The highest BCUT2D eigenvalue weighted by atomic mass is 16.5. The van der Waals surface area contributed by atoms with Gasteiger partial charge in [0.2, 0.25) is 0 Å². The summed E-state index contributed by atoms with van der Waals surface area (Å²) in [7, 11) is 2.78. The molecule has 1 aliphatic carbocycles. The molecule has 8 heteroatoms. The summed E-state index contributed by atoms with van der Waals surface area (Å²) in [5.41, 5.74) is 0.443. The predicted molar refractivity (Wildman–Crippen MR) is 148 cm³/mol. The summed E-state index contributed by atoms with van der Waals surface area (Å²) in [6, 6.07) is 5.01. The monoisotopic (exact) mass is 542 g/mol. The van der Waals surface area contributed by atoms with Crippen LogP contribution < -0.4 is 9.47 Å². The maximum atomic E-state index is 12.5. The Balaban J connectivity index is 1.21. The predicted octanol–water partition coefficient (Wildman–Crippen LogP) is 6.91. The van der Waals surface area contributed by atoms with Crippen molar-refractivity contribution >= 4 is 11.6 Å². The van der Waals surface area contributed by atoms with Crippen LogP contribution in [0.4, 0.5) is 0 Å². The maximum absolute atomic E-state index is 12.5. The van der Waals surface area contributed by atoms with Crippen molar-refractivity contribution in [1.82, 2.24) is 0 Å². The Morgan fingerprint density at radius 3 is 1.41 bits per heavy atom. The van der Waals surface area contributed by atoms with E-state index in [1.165, 1.54) is 58.5 Å². The van der Waals surface area contributed by atoms with Crippen LogP contribution in [0.1, 0.15) is 104 Å². The molecule has 2 atom stereocenters. The average molecular weight is 543 g/mol. The van der Waals surface area contributed by atoms with E-state index in [1.807, 2.05) is 0 Å². The molecule has 1 fully saturated rings. The van der Waals surface area contributed by atoms with Gasteiger partial charge in [-0.3, -0.25) is 9.59 Å². The van der Waals surface area contributed by atoms with Gasteiger partial charge >= 0.3 is 0 Å². The first-order valence-corrected chi connectivity index (χ1v) is 14.0. The molecular weight excluding hydrogens is 500 g/mol. The van der Waals surface area contributed by atoms with E-state index in [0.29, 0.717) is 12.8 Å². The fourth-order valence-corrected chi connectivity index (χ4v) is 5.42. The Morgan fingerprint density at radius 1 is 0.641 bits per heavy atom. The molecule has 0 unspecified atom stereocenters. The highest BCUT2D eigenvalue weighted by Crippen LogP contribution is 2.46. The number of hydrogen-bond donors (Lipinski definition) is 4. The zero-order chi connectivity index (χ0) is 28.4. The molecule has 0 aliphatic heterocycles. The number of phenolic OH excluding ortho intramolecular Hbond substituents is 4. The van der Waals surface area contributed by atoms with E-state index in [1.54, 1.807) is 0 Å². The number of carbonyl (C=O) groups excluding carboxylic acids is 2. The van der Waals surface area contributed by atoms with Gasteiger partial charge < -0.3 is 29.9 Å². The van der Waals surface area contributed by atoms with Crippen molar-refractivity contribution in [1.29, 1.82) is 0 Å². The minimum atomic E-state index is -0.233. The van der Waals surface area contributed by atoms with Crippen LogP contribution in [0.25, 0.3) is 0 Å². The van der Waals surface area contributed by atoms with Gasteiger partial charge in [0.15, 0.2) is 34.6 Å². The summed E-state index contributed by atoms with van der Waals surface area (Å²) in [6.07, 6.45) is 12.5. The molecule has 39 heavy (non-hydrogen) atoms. The third kappa shape index (κ3) is 8.80. The van der Waals surface area contributed by atoms with Crippen LogP contribution in [0.5, 0.6) is 34.5 Å². The first-order chi connectivity index (χ1) is 18.7. The van der Waals surface area contributed by atoms with Gasteiger partial charge in [-0.15, -0.1) is 0 Å². The quantitative estimate of drug-likeness (QED) is 0.118. The van der Waals surface area contributed by atoms with Crippen LogP contribution in [-0.4, -0.2) is 46.2 Å². The van der Waals surface area contributed by atoms with Crippen LogP contribution in [-0.2, 0) is 0 Å². The lowest BCUT2D eigenvalue weighted by atomic mass is 10.0. The van der Waals surface area contributed by atoms with Crippen molar-refractivity contribution in [2.75, 3.05) is 14.2 Å². The van der Waals surface area contributed by atoms with Crippen molar-refractivity contribution in [2.24, 2.45) is 11.8 Å². The summed E-state index contributed by atoms with van der Waals surface area (Å²) >= 11 is 0. The third-order valence-corrected chi connectivity index (χ3v) is 7.64. The fourth-order valence-electron chi connectivity index (χ4n) is 5.42.